The quantitative estimate of drug-likeness (QED) is 0.712. The van der Waals surface area contributed by atoms with Gasteiger partial charge >= 0.3 is 6.18 Å². The lowest BCUT2D eigenvalue weighted by Gasteiger charge is -2.20. The Kier molecular flexibility index (Phi) is 4.60. The molecule has 0 saturated heterocycles. The van der Waals surface area contributed by atoms with Crippen molar-refractivity contribution in [2.45, 2.75) is 45.4 Å². The summed E-state index contributed by atoms with van der Waals surface area (Å²) < 4.78 is 35.3. The highest BCUT2D eigenvalue weighted by atomic mass is 19.4. The fraction of sp³-hybridized carbons (Fsp3) is 1.00. The van der Waals surface area contributed by atoms with Crippen LogP contribution in [0.5, 0.6) is 0 Å². The molecule has 0 fully saturated rings. The summed E-state index contributed by atoms with van der Waals surface area (Å²) in [4.78, 5) is 0. The molecular formula is C8H15F3O. The lowest BCUT2D eigenvalue weighted by Crippen LogP contribution is -2.26. The Hall–Kier alpha value is -0.250. The average molecular weight is 184 g/mol. The maximum absolute atomic E-state index is 11.8. The molecule has 1 nitrogen and oxygen atoms in total. The lowest BCUT2D eigenvalue weighted by molar-refractivity contribution is -0.159. The Labute approximate surface area is 70.6 Å². The van der Waals surface area contributed by atoms with E-state index < -0.39 is 18.7 Å². The Bertz CT molecular complexity index is 118. The zero-order chi connectivity index (χ0) is 9.78. The second-order valence-electron chi connectivity index (χ2n) is 2.96. The van der Waals surface area contributed by atoms with Crippen LogP contribution < -0.4 is 0 Å². The maximum Gasteiger partial charge on any atom is 0.391 e. The van der Waals surface area contributed by atoms with E-state index in [1.165, 1.54) is 0 Å². The first kappa shape index (κ1) is 11.8. The summed E-state index contributed by atoms with van der Waals surface area (Å²) in [6.45, 7) is 3.57. The standard InChI is InChI=1S/C8H15F3O/c1-3-6(4-2)7(12)5-8(9,10)11/h6-7,12H,3-5H2,1-2H3. The van der Waals surface area contributed by atoms with Gasteiger partial charge in [0.2, 0.25) is 0 Å². The van der Waals surface area contributed by atoms with E-state index in [2.05, 4.69) is 0 Å². The molecule has 12 heavy (non-hydrogen) atoms. The van der Waals surface area contributed by atoms with Crippen LogP contribution in [0.1, 0.15) is 33.1 Å². The molecule has 1 N–H and O–H groups in total. The van der Waals surface area contributed by atoms with Gasteiger partial charge in [0.15, 0.2) is 0 Å². The number of halogens is 3. The number of hydrogen-bond acceptors (Lipinski definition) is 1. The van der Waals surface area contributed by atoms with Crippen molar-refractivity contribution in [1.29, 1.82) is 0 Å². The van der Waals surface area contributed by atoms with E-state index in [0.717, 1.165) is 0 Å². The summed E-state index contributed by atoms with van der Waals surface area (Å²) in [5, 5.41) is 9.12. The van der Waals surface area contributed by atoms with E-state index in [0.29, 0.717) is 12.8 Å². The maximum atomic E-state index is 11.8. The predicted octanol–water partition coefficient (Wildman–Crippen LogP) is 2.74. The van der Waals surface area contributed by atoms with Crippen LogP contribution in [-0.4, -0.2) is 17.4 Å². The van der Waals surface area contributed by atoms with Crippen LogP contribution in [0.15, 0.2) is 0 Å². The molecule has 0 aliphatic heterocycles. The van der Waals surface area contributed by atoms with Gasteiger partial charge in [0.25, 0.3) is 0 Å². The number of hydrogen-bond donors (Lipinski definition) is 1. The molecule has 0 radical (unpaired) electrons. The van der Waals surface area contributed by atoms with Gasteiger partial charge in [0.1, 0.15) is 0 Å². The summed E-state index contributed by atoms with van der Waals surface area (Å²) in [5.41, 5.74) is 0. The molecule has 0 spiro atoms. The zero-order valence-corrected chi connectivity index (χ0v) is 7.36. The molecule has 0 heterocycles. The van der Waals surface area contributed by atoms with E-state index in [1.807, 2.05) is 0 Å². The van der Waals surface area contributed by atoms with E-state index in [-0.39, 0.29) is 5.92 Å². The Morgan fingerprint density at radius 1 is 1.17 bits per heavy atom. The molecule has 0 aromatic rings. The normalized spacial score (nSPS) is 15.2. The van der Waals surface area contributed by atoms with E-state index in [4.69, 9.17) is 5.11 Å². The molecule has 0 aliphatic carbocycles. The van der Waals surface area contributed by atoms with Crippen molar-refractivity contribution in [3.05, 3.63) is 0 Å². The topological polar surface area (TPSA) is 20.2 Å². The van der Waals surface area contributed by atoms with Crippen molar-refractivity contribution < 1.29 is 18.3 Å². The minimum absolute atomic E-state index is 0.230. The highest BCUT2D eigenvalue weighted by Crippen LogP contribution is 2.26. The first-order valence-electron chi connectivity index (χ1n) is 4.15. The highest BCUT2D eigenvalue weighted by molar-refractivity contribution is 4.69. The summed E-state index contributed by atoms with van der Waals surface area (Å²) in [5.74, 6) is -0.230. The second kappa shape index (κ2) is 4.70. The Morgan fingerprint density at radius 3 is 1.83 bits per heavy atom. The van der Waals surface area contributed by atoms with Gasteiger partial charge in [-0.05, 0) is 5.92 Å². The number of aliphatic hydroxyl groups excluding tert-OH is 1. The largest absolute Gasteiger partial charge is 0.392 e. The van der Waals surface area contributed by atoms with Gasteiger partial charge in [-0.1, -0.05) is 26.7 Å². The summed E-state index contributed by atoms with van der Waals surface area (Å²) in [6.07, 6.45) is -5.39. The monoisotopic (exact) mass is 184 g/mol. The van der Waals surface area contributed by atoms with Gasteiger partial charge in [-0.2, -0.15) is 13.2 Å². The highest BCUT2D eigenvalue weighted by Gasteiger charge is 2.33. The first-order chi connectivity index (χ1) is 5.40. The van der Waals surface area contributed by atoms with Crippen molar-refractivity contribution in [3.63, 3.8) is 0 Å². The van der Waals surface area contributed by atoms with Gasteiger partial charge in [0.05, 0.1) is 12.5 Å². The third-order valence-electron chi connectivity index (χ3n) is 2.03. The predicted molar refractivity (Wildman–Crippen MR) is 40.8 cm³/mol. The van der Waals surface area contributed by atoms with Crippen LogP contribution in [0.2, 0.25) is 0 Å². The van der Waals surface area contributed by atoms with Gasteiger partial charge in [-0.15, -0.1) is 0 Å². The van der Waals surface area contributed by atoms with Gasteiger partial charge in [-0.3, -0.25) is 0 Å². The second-order valence-corrected chi connectivity index (χ2v) is 2.96. The van der Waals surface area contributed by atoms with Crippen LogP contribution in [0, 0.1) is 5.92 Å². The zero-order valence-electron chi connectivity index (χ0n) is 7.36. The van der Waals surface area contributed by atoms with E-state index >= 15 is 0 Å². The van der Waals surface area contributed by atoms with Crippen molar-refractivity contribution in [2.75, 3.05) is 0 Å². The molecule has 1 atom stereocenters. The molecular weight excluding hydrogens is 169 g/mol. The molecule has 0 rings (SSSR count). The fourth-order valence-corrected chi connectivity index (χ4v) is 1.24. The Morgan fingerprint density at radius 2 is 1.58 bits per heavy atom. The van der Waals surface area contributed by atoms with Gasteiger partial charge in [0, 0.05) is 0 Å². The molecule has 0 saturated carbocycles. The first-order valence-corrected chi connectivity index (χ1v) is 4.15. The molecule has 0 bridgehead atoms. The molecule has 1 unspecified atom stereocenters. The van der Waals surface area contributed by atoms with Crippen LogP contribution >= 0.6 is 0 Å². The van der Waals surface area contributed by atoms with E-state index in [1.54, 1.807) is 13.8 Å². The van der Waals surface area contributed by atoms with Crippen molar-refractivity contribution in [3.8, 4) is 0 Å². The summed E-state index contributed by atoms with van der Waals surface area (Å²) >= 11 is 0. The molecule has 74 valence electrons. The number of rotatable bonds is 4. The minimum atomic E-state index is -4.25. The van der Waals surface area contributed by atoms with Crippen LogP contribution in [0.4, 0.5) is 13.2 Å². The van der Waals surface area contributed by atoms with Gasteiger partial charge in [-0.25, -0.2) is 0 Å². The number of alkyl halides is 3. The molecule has 0 amide bonds. The lowest BCUT2D eigenvalue weighted by atomic mass is 9.94. The van der Waals surface area contributed by atoms with Crippen molar-refractivity contribution >= 4 is 0 Å². The summed E-state index contributed by atoms with van der Waals surface area (Å²) in [7, 11) is 0. The SMILES string of the molecule is CCC(CC)C(O)CC(F)(F)F. The van der Waals surface area contributed by atoms with Crippen LogP contribution in [0.25, 0.3) is 0 Å². The molecule has 0 aromatic heterocycles. The van der Waals surface area contributed by atoms with Crippen molar-refractivity contribution in [1.82, 2.24) is 0 Å². The smallest absolute Gasteiger partial charge is 0.391 e. The molecule has 0 aromatic carbocycles. The van der Waals surface area contributed by atoms with Gasteiger partial charge < -0.3 is 5.11 Å². The molecule has 0 aliphatic rings. The third kappa shape index (κ3) is 4.59. The average Bonchev–Trinajstić information content (AvgIpc) is 1.85. The third-order valence-corrected chi connectivity index (χ3v) is 2.03. The molecule has 4 heteroatoms. The summed E-state index contributed by atoms with van der Waals surface area (Å²) in [6, 6.07) is 0. The van der Waals surface area contributed by atoms with Crippen LogP contribution in [0.3, 0.4) is 0 Å². The fourth-order valence-electron chi connectivity index (χ4n) is 1.24. The van der Waals surface area contributed by atoms with E-state index in [9.17, 15) is 13.2 Å². The minimum Gasteiger partial charge on any atom is -0.392 e. The van der Waals surface area contributed by atoms with Crippen LogP contribution in [-0.2, 0) is 0 Å². The Balaban J connectivity index is 3.92. The number of aliphatic hydroxyl groups is 1. The van der Waals surface area contributed by atoms with Crippen molar-refractivity contribution in [2.24, 2.45) is 5.92 Å².